The number of rotatable bonds is 16. The predicted molar refractivity (Wildman–Crippen MR) is 122 cm³/mol. The third kappa shape index (κ3) is 11.1. The van der Waals surface area contributed by atoms with Gasteiger partial charge in [-0.05, 0) is 32.1 Å². The zero-order chi connectivity index (χ0) is 24.1. The summed E-state index contributed by atoms with van der Waals surface area (Å²) < 4.78 is 17.3. The number of nitrogens with zero attached hydrogens (tertiary/aromatic N) is 1. The van der Waals surface area contributed by atoms with E-state index in [0.29, 0.717) is 12.8 Å². The highest BCUT2D eigenvalue weighted by atomic mass is 16.5. The van der Waals surface area contributed by atoms with Crippen LogP contribution in [-0.4, -0.2) is 68.1 Å². The molecule has 0 aliphatic rings. The Balaban J connectivity index is 5.41. The molecule has 1 N–H and O–H groups in total. The van der Waals surface area contributed by atoms with Gasteiger partial charge < -0.3 is 24.2 Å². The molecule has 0 aliphatic carbocycles. The highest BCUT2D eigenvalue weighted by Crippen LogP contribution is 2.28. The molecule has 182 valence electrons. The lowest BCUT2D eigenvalue weighted by molar-refractivity contribution is -0.159. The van der Waals surface area contributed by atoms with E-state index in [-0.39, 0.29) is 48.0 Å². The lowest BCUT2D eigenvalue weighted by atomic mass is 9.84. The van der Waals surface area contributed by atoms with Crippen molar-refractivity contribution in [3.63, 3.8) is 0 Å². The SMILES string of the molecule is CO[C@@H]([C@@H](C)[C@@H](CC[C@H](C)[C@H](C[C@@H](C)O)OC)OC(=O)C(C)C)[C@H](C)/C=C/N(C)C=O. The quantitative estimate of drug-likeness (QED) is 0.290. The molecule has 0 bridgehead atoms. The van der Waals surface area contributed by atoms with E-state index in [0.717, 1.165) is 12.8 Å². The van der Waals surface area contributed by atoms with Gasteiger partial charge in [0.05, 0.1) is 24.2 Å². The van der Waals surface area contributed by atoms with Crippen molar-refractivity contribution < 1.29 is 28.9 Å². The molecular formula is C24H45NO6. The molecule has 31 heavy (non-hydrogen) atoms. The van der Waals surface area contributed by atoms with Gasteiger partial charge in [-0.15, -0.1) is 0 Å². The normalized spacial score (nSPS) is 18.8. The summed E-state index contributed by atoms with van der Waals surface area (Å²) in [5.74, 6) is -0.281. The van der Waals surface area contributed by atoms with Crippen LogP contribution in [0.3, 0.4) is 0 Å². The molecule has 0 saturated heterocycles. The second kappa shape index (κ2) is 15.4. The van der Waals surface area contributed by atoms with Crippen molar-refractivity contribution in [1.82, 2.24) is 4.90 Å². The Morgan fingerprint density at radius 2 is 1.61 bits per heavy atom. The number of hydrogen-bond donors (Lipinski definition) is 1. The van der Waals surface area contributed by atoms with Crippen LogP contribution in [0.5, 0.6) is 0 Å². The van der Waals surface area contributed by atoms with Gasteiger partial charge in [0.2, 0.25) is 6.41 Å². The molecule has 1 amide bonds. The third-order valence-corrected chi connectivity index (χ3v) is 5.84. The van der Waals surface area contributed by atoms with Crippen LogP contribution in [0.15, 0.2) is 12.3 Å². The fraction of sp³-hybridized carbons (Fsp3) is 0.833. The number of ether oxygens (including phenoxy) is 3. The molecule has 0 spiro atoms. The molecule has 0 unspecified atom stereocenters. The van der Waals surface area contributed by atoms with Crippen LogP contribution in [0.2, 0.25) is 0 Å². The summed E-state index contributed by atoms with van der Waals surface area (Å²) in [6.45, 7) is 11.6. The predicted octanol–water partition coefficient (Wildman–Crippen LogP) is 3.65. The summed E-state index contributed by atoms with van der Waals surface area (Å²) in [4.78, 5) is 24.7. The number of aliphatic hydroxyl groups excluding tert-OH is 1. The first-order valence-electron chi connectivity index (χ1n) is 11.3. The molecule has 0 radical (unpaired) electrons. The van der Waals surface area contributed by atoms with Crippen LogP contribution in [0.4, 0.5) is 0 Å². The van der Waals surface area contributed by atoms with Gasteiger partial charge >= 0.3 is 5.97 Å². The smallest absolute Gasteiger partial charge is 0.308 e. The van der Waals surface area contributed by atoms with Gasteiger partial charge in [0.15, 0.2) is 0 Å². The van der Waals surface area contributed by atoms with Crippen LogP contribution in [0, 0.1) is 23.7 Å². The van der Waals surface area contributed by atoms with E-state index in [1.54, 1.807) is 34.4 Å². The van der Waals surface area contributed by atoms with Crippen molar-refractivity contribution in [2.45, 2.75) is 85.2 Å². The van der Waals surface area contributed by atoms with E-state index in [1.165, 1.54) is 4.90 Å². The Bertz CT molecular complexity index is 536. The minimum Gasteiger partial charge on any atom is -0.462 e. The van der Waals surface area contributed by atoms with Gasteiger partial charge in [-0.2, -0.15) is 0 Å². The number of hydrogen-bond acceptors (Lipinski definition) is 6. The zero-order valence-electron chi connectivity index (χ0n) is 20.9. The first-order valence-corrected chi connectivity index (χ1v) is 11.3. The van der Waals surface area contributed by atoms with Crippen molar-refractivity contribution in [2.24, 2.45) is 23.7 Å². The second-order valence-electron chi connectivity index (χ2n) is 9.07. The van der Waals surface area contributed by atoms with Gasteiger partial charge in [-0.25, -0.2) is 0 Å². The van der Waals surface area contributed by atoms with Crippen LogP contribution in [-0.2, 0) is 23.8 Å². The number of carbonyl (C=O) groups is 2. The largest absolute Gasteiger partial charge is 0.462 e. The summed E-state index contributed by atoms with van der Waals surface area (Å²) in [6, 6.07) is 0. The summed E-state index contributed by atoms with van der Waals surface area (Å²) in [7, 11) is 4.99. The van der Waals surface area contributed by atoms with Crippen molar-refractivity contribution in [3.05, 3.63) is 12.3 Å². The van der Waals surface area contributed by atoms with Crippen molar-refractivity contribution in [3.8, 4) is 0 Å². The number of methoxy groups -OCH3 is 2. The minimum atomic E-state index is -0.434. The second-order valence-corrected chi connectivity index (χ2v) is 9.07. The fourth-order valence-electron chi connectivity index (χ4n) is 3.76. The van der Waals surface area contributed by atoms with Gasteiger partial charge in [-0.1, -0.05) is 40.7 Å². The molecule has 0 heterocycles. The van der Waals surface area contributed by atoms with Crippen LogP contribution in [0.25, 0.3) is 0 Å². The van der Waals surface area contributed by atoms with Crippen LogP contribution >= 0.6 is 0 Å². The number of amides is 1. The average Bonchev–Trinajstić information content (AvgIpc) is 2.72. The first kappa shape index (κ1) is 29.6. The molecule has 0 aromatic heterocycles. The Labute approximate surface area is 189 Å². The molecule has 0 saturated carbocycles. The molecule has 7 nitrogen and oxygen atoms in total. The summed E-state index contributed by atoms with van der Waals surface area (Å²) in [6.07, 6.45) is 5.41. The highest BCUT2D eigenvalue weighted by Gasteiger charge is 2.33. The lowest BCUT2D eigenvalue weighted by Gasteiger charge is -2.34. The van der Waals surface area contributed by atoms with Crippen molar-refractivity contribution in [2.75, 3.05) is 21.3 Å². The zero-order valence-corrected chi connectivity index (χ0v) is 20.9. The number of esters is 1. The topological polar surface area (TPSA) is 85.3 Å². The van der Waals surface area contributed by atoms with Gasteiger partial charge in [0.1, 0.15) is 6.10 Å². The van der Waals surface area contributed by atoms with Crippen LogP contribution in [0.1, 0.15) is 60.8 Å². The van der Waals surface area contributed by atoms with E-state index in [9.17, 15) is 14.7 Å². The van der Waals surface area contributed by atoms with Gasteiger partial charge in [-0.3, -0.25) is 9.59 Å². The molecule has 0 aromatic carbocycles. The fourth-order valence-corrected chi connectivity index (χ4v) is 3.76. The van der Waals surface area contributed by atoms with E-state index in [2.05, 4.69) is 6.92 Å². The lowest BCUT2D eigenvalue weighted by Crippen LogP contribution is -2.39. The Hall–Kier alpha value is -1.44. The summed E-state index contributed by atoms with van der Waals surface area (Å²) in [5, 5.41) is 9.72. The van der Waals surface area contributed by atoms with E-state index >= 15 is 0 Å². The Morgan fingerprint density at radius 1 is 1.00 bits per heavy atom. The molecular weight excluding hydrogens is 398 g/mol. The molecule has 7 heteroatoms. The maximum absolute atomic E-state index is 12.4. The Kier molecular flexibility index (Phi) is 14.7. The van der Waals surface area contributed by atoms with Crippen molar-refractivity contribution >= 4 is 12.4 Å². The van der Waals surface area contributed by atoms with E-state index in [1.807, 2.05) is 33.8 Å². The monoisotopic (exact) mass is 443 g/mol. The molecule has 0 fully saturated rings. The van der Waals surface area contributed by atoms with Crippen molar-refractivity contribution in [1.29, 1.82) is 0 Å². The summed E-state index contributed by atoms with van der Waals surface area (Å²) >= 11 is 0. The number of carbonyl (C=O) groups excluding carboxylic acids is 2. The summed E-state index contributed by atoms with van der Waals surface area (Å²) in [5.41, 5.74) is 0. The minimum absolute atomic E-state index is 0.0158. The van der Waals surface area contributed by atoms with E-state index in [4.69, 9.17) is 14.2 Å². The molecule has 7 atom stereocenters. The highest BCUT2D eigenvalue weighted by molar-refractivity contribution is 5.71. The maximum Gasteiger partial charge on any atom is 0.308 e. The average molecular weight is 444 g/mol. The Morgan fingerprint density at radius 3 is 2.06 bits per heavy atom. The van der Waals surface area contributed by atoms with E-state index < -0.39 is 6.10 Å². The number of aliphatic hydroxyl groups is 1. The molecule has 0 aromatic rings. The first-order chi connectivity index (χ1) is 14.5. The van der Waals surface area contributed by atoms with Gasteiger partial charge in [0, 0.05) is 39.3 Å². The van der Waals surface area contributed by atoms with Crippen LogP contribution < -0.4 is 0 Å². The molecule has 0 rings (SSSR count). The van der Waals surface area contributed by atoms with Gasteiger partial charge in [0.25, 0.3) is 0 Å². The standard InChI is InChI=1S/C24H45NO6/c1-16(2)24(28)31-21(11-10-17(3)22(29-8)14-19(5)27)20(6)23(30-9)18(4)12-13-25(7)15-26/h12-13,15-23,27H,10-11,14H2,1-9H3/b13-12+/t17-,18+,19+,20-,21+,22-,23+/m0/s1. The maximum atomic E-state index is 12.4. The third-order valence-electron chi connectivity index (χ3n) is 5.84. The molecule has 0 aliphatic heterocycles.